The number of imidazole rings is 1. The van der Waals surface area contributed by atoms with Crippen LogP contribution in [0.4, 0.5) is 17.6 Å². The predicted octanol–water partition coefficient (Wildman–Crippen LogP) is 4.29. The number of rotatable bonds is 7. The number of aryl methyl sites for hydroxylation is 3. The van der Waals surface area contributed by atoms with Crippen LogP contribution in [0, 0.1) is 27.7 Å². The van der Waals surface area contributed by atoms with Crippen LogP contribution in [-0.4, -0.2) is 50.4 Å². The number of carbonyl (C=O) groups excluding carboxylic acids is 1. The molecule has 1 atom stereocenters. The number of hydrogen-bond donors (Lipinski definition) is 2. The fourth-order valence-corrected chi connectivity index (χ4v) is 6.68. The van der Waals surface area contributed by atoms with Gasteiger partial charge in [-0.2, -0.15) is 9.97 Å². The van der Waals surface area contributed by atoms with Crippen molar-refractivity contribution in [3.63, 3.8) is 0 Å². The highest BCUT2D eigenvalue weighted by atomic mass is 32.2. The van der Waals surface area contributed by atoms with E-state index in [9.17, 15) is 13.2 Å². The Hall–Kier alpha value is -4.71. The van der Waals surface area contributed by atoms with Crippen molar-refractivity contribution in [3.8, 4) is 5.69 Å². The van der Waals surface area contributed by atoms with Crippen LogP contribution in [0.5, 0.6) is 0 Å². The maximum Gasteiger partial charge on any atom is 0.269 e. The summed E-state index contributed by atoms with van der Waals surface area (Å²) in [4.78, 5) is 28.1. The van der Waals surface area contributed by atoms with Crippen LogP contribution in [-0.2, 0) is 14.8 Å². The van der Waals surface area contributed by atoms with Crippen molar-refractivity contribution in [2.75, 3.05) is 16.8 Å². The van der Waals surface area contributed by atoms with Gasteiger partial charge < -0.3 is 20.5 Å². The zero-order valence-electron chi connectivity index (χ0n) is 23.9. The van der Waals surface area contributed by atoms with Crippen LogP contribution in [0.25, 0.3) is 16.7 Å². The number of aromatic nitrogens is 5. The summed E-state index contributed by atoms with van der Waals surface area (Å²) in [6.45, 7) is 8.69. The van der Waals surface area contributed by atoms with Gasteiger partial charge in [0.15, 0.2) is 11.5 Å². The third kappa shape index (κ3) is 4.77. The van der Waals surface area contributed by atoms with Crippen molar-refractivity contribution in [2.45, 2.75) is 51.5 Å². The third-order valence-corrected chi connectivity index (χ3v) is 9.63. The fraction of sp³-hybridized carbons (Fsp3) is 0.267. The van der Waals surface area contributed by atoms with Crippen LogP contribution < -0.4 is 16.0 Å². The summed E-state index contributed by atoms with van der Waals surface area (Å²) in [6.07, 6.45) is 6.32. The second-order valence-corrected chi connectivity index (χ2v) is 12.6. The lowest BCUT2D eigenvalue weighted by Gasteiger charge is -2.24. The molecule has 5 aromatic rings. The van der Waals surface area contributed by atoms with Crippen molar-refractivity contribution < 1.29 is 13.2 Å². The lowest BCUT2D eigenvalue weighted by atomic mass is 10.0. The zero-order chi connectivity index (χ0) is 29.8. The van der Waals surface area contributed by atoms with E-state index >= 15 is 0 Å². The van der Waals surface area contributed by atoms with Crippen LogP contribution in [0.3, 0.4) is 0 Å². The summed E-state index contributed by atoms with van der Waals surface area (Å²) in [5, 5.41) is 3.65. The molecular weight excluding hydrogens is 552 g/mol. The minimum Gasteiger partial charge on any atom is -0.368 e. The number of primary amides is 1. The molecule has 1 aliphatic heterocycles. The second-order valence-electron chi connectivity index (χ2n) is 10.8. The first-order valence-corrected chi connectivity index (χ1v) is 15.1. The zero-order valence-corrected chi connectivity index (χ0v) is 24.7. The number of nitrogens with one attached hydrogen (secondary N) is 1. The molecule has 1 saturated heterocycles. The maximum atomic E-state index is 13.7. The number of benzene rings is 2. The van der Waals surface area contributed by atoms with E-state index in [4.69, 9.17) is 10.7 Å². The Labute approximate surface area is 244 Å². The third-order valence-electron chi connectivity index (χ3n) is 7.95. The van der Waals surface area contributed by atoms with E-state index in [0.29, 0.717) is 30.0 Å². The fourth-order valence-electron chi connectivity index (χ4n) is 5.39. The van der Waals surface area contributed by atoms with Crippen LogP contribution >= 0.6 is 0 Å². The lowest BCUT2D eigenvalue weighted by molar-refractivity contribution is -0.119. The first kappa shape index (κ1) is 27.5. The van der Waals surface area contributed by atoms with Crippen molar-refractivity contribution in [1.29, 1.82) is 0 Å². The van der Waals surface area contributed by atoms with Gasteiger partial charge in [-0.3, -0.25) is 4.79 Å². The minimum atomic E-state index is -3.97. The highest BCUT2D eigenvalue weighted by molar-refractivity contribution is 7.90. The molecule has 1 aliphatic rings. The molecule has 0 unspecified atom stereocenters. The van der Waals surface area contributed by atoms with E-state index in [0.717, 1.165) is 21.6 Å². The molecule has 0 bridgehead atoms. The molecule has 0 spiro atoms. The normalized spacial score (nSPS) is 15.4. The molecule has 0 aliphatic carbocycles. The summed E-state index contributed by atoms with van der Waals surface area (Å²) in [5.41, 5.74) is 11.4. The minimum absolute atomic E-state index is 0.138. The van der Waals surface area contributed by atoms with Gasteiger partial charge in [-0.25, -0.2) is 17.4 Å². The van der Waals surface area contributed by atoms with Gasteiger partial charge in [-0.1, -0.05) is 17.7 Å². The van der Waals surface area contributed by atoms with Crippen molar-refractivity contribution in [3.05, 3.63) is 83.4 Å². The van der Waals surface area contributed by atoms with Crippen molar-refractivity contribution >= 4 is 44.5 Å². The molecule has 1 fully saturated rings. The summed E-state index contributed by atoms with van der Waals surface area (Å²) < 4.78 is 30.5. The Morgan fingerprint density at radius 1 is 1.02 bits per heavy atom. The van der Waals surface area contributed by atoms with Gasteiger partial charge >= 0.3 is 0 Å². The number of anilines is 3. The largest absolute Gasteiger partial charge is 0.368 e. The van der Waals surface area contributed by atoms with Gasteiger partial charge in [-0.05, 0) is 87.6 Å². The summed E-state index contributed by atoms with van der Waals surface area (Å²) in [6, 6.07) is 11.9. The van der Waals surface area contributed by atoms with E-state index in [2.05, 4.69) is 48.2 Å². The summed E-state index contributed by atoms with van der Waals surface area (Å²) in [7, 11) is -3.97. The molecule has 2 aromatic carbocycles. The second kappa shape index (κ2) is 10.3. The maximum absolute atomic E-state index is 13.7. The Morgan fingerprint density at radius 3 is 2.43 bits per heavy atom. The van der Waals surface area contributed by atoms with Gasteiger partial charge in [-0.15, -0.1) is 0 Å². The molecule has 11 nitrogen and oxygen atoms in total. The first-order valence-electron chi connectivity index (χ1n) is 13.7. The monoisotopic (exact) mass is 584 g/mol. The van der Waals surface area contributed by atoms with E-state index in [1.165, 1.54) is 22.9 Å². The van der Waals surface area contributed by atoms with Gasteiger partial charge in [0.2, 0.25) is 11.9 Å². The molecule has 0 saturated carbocycles. The van der Waals surface area contributed by atoms with E-state index in [-0.39, 0.29) is 16.5 Å². The number of fused-ring (bicyclic) bond motifs is 1. The molecule has 6 rings (SSSR count). The number of amides is 1. The molecule has 12 heteroatoms. The van der Waals surface area contributed by atoms with E-state index < -0.39 is 22.0 Å². The SMILES string of the molecule is Cc1ccc(S(=O)(=O)n2ccc3c(N4CCC[C@H]4C(N)=O)nc(Nc4cn(-c5cc(C)c(C)c(C)c5)cn4)nc32)cc1. The van der Waals surface area contributed by atoms with E-state index in [1.807, 2.05) is 22.6 Å². The first-order chi connectivity index (χ1) is 20.0. The molecule has 0 radical (unpaired) electrons. The Bertz CT molecular complexity index is 1920. The Kier molecular flexibility index (Phi) is 6.72. The smallest absolute Gasteiger partial charge is 0.269 e. The lowest BCUT2D eigenvalue weighted by Crippen LogP contribution is -2.40. The molecular formula is C30H32N8O3S. The Balaban J connectivity index is 1.45. The molecule has 1 amide bonds. The standard InChI is InChI=1S/C30H32N8O3S/c1-18-7-9-23(10-8-18)42(40,41)38-13-11-24-28(37-12-5-6-25(37)27(31)39)34-30(35-29(24)38)33-26-16-36(17-32-26)22-14-19(2)21(4)20(3)15-22/h7-11,13-17,25H,5-6,12H2,1-4H3,(H2,31,39)(H,33,34,35)/t25-/m0/s1. The number of nitrogens with two attached hydrogens (primary N) is 1. The van der Waals surface area contributed by atoms with Gasteiger partial charge in [0, 0.05) is 18.4 Å². The van der Waals surface area contributed by atoms with Crippen LogP contribution in [0.1, 0.15) is 35.1 Å². The topological polar surface area (TPSA) is 141 Å². The van der Waals surface area contributed by atoms with Gasteiger partial charge in [0.05, 0.1) is 16.5 Å². The predicted molar refractivity (Wildman–Crippen MR) is 162 cm³/mol. The summed E-state index contributed by atoms with van der Waals surface area (Å²) >= 11 is 0. The summed E-state index contributed by atoms with van der Waals surface area (Å²) in [5.74, 6) is 0.602. The van der Waals surface area contributed by atoms with Gasteiger partial charge in [0.1, 0.15) is 18.2 Å². The van der Waals surface area contributed by atoms with Gasteiger partial charge in [0.25, 0.3) is 10.0 Å². The molecule has 216 valence electrons. The molecule has 3 aromatic heterocycles. The number of carbonyl (C=O) groups is 1. The Morgan fingerprint density at radius 2 is 1.74 bits per heavy atom. The quantitative estimate of drug-likeness (QED) is 0.289. The van der Waals surface area contributed by atoms with Crippen molar-refractivity contribution in [1.82, 2.24) is 23.5 Å². The molecule has 3 N–H and O–H groups in total. The average Bonchev–Trinajstić information content (AvgIpc) is 3.71. The number of nitrogens with zero attached hydrogens (tertiary/aromatic N) is 6. The van der Waals surface area contributed by atoms with E-state index in [1.54, 1.807) is 36.7 Å². The highest BCUT2D eigenvalue weighted by Gasteiger charge is 2.33. The molecule has 4 heterocycles. The van der Waals surface area contributed by atoms with Crippen LogP contribution in [0.15, 0.2) is 66.1 Å². The number of hydrogen-bond acceptors (Lipinski definition) is 8. The molecule has 42 heavy (non-hydrogen) atoms. The van der Waals surface area contributed by atoms with Crippen LogP contribution in [0.2, 0.25) is 0 Å². The highest BCUT2D eigenvalue weighted by Crippen LogP contribution is 2.34. The van der Waals surface area contributed by atoms with Crippen molar-refractivity contribution in [2.24, 2.45) is 5.73 Å². The average molecular weight is 585 g/mol.